The van der Waals surface area contributed by atoms with Gasteiger partial charge in [-0.2, -0.15) is 0 Å². The van der Waals surface area contributed by atoms with Gasteiger partial charge in [0.2, 0.25) is 0 Å². The molecule has 0 aliphatic rings. The Bertz CT molecular complexity index is 446. The summed E-state index contributed by atoms with van der Waals surface area (Å²) in [6, 6.07) is 8.03. The predicted molar refractivity (Wildman–Crippen MR) is 109 cm³/mol. The van der Waals surface area contributed by atoms with Crippen molar-refractivity contribution in [1.29, 1.82) is 0 Å². The van der Waals surface area contributed by atoms with E-state index in [1.807, 2.05) is 24.3 Å². The Labute approximate surface area is 157 Å². The van der Waals surface area contributed by atoms with Gasteiger partial charge in [-0.15, -0.1) is 24.0 Å². The molecule has 0 bridgehead atoms. The van der Waals surface area contributed by atoms with Crippen LogP contribution in [0.25, 0.3) is 0 Å². The highest BCUT2D eigenvalue weighted by atomic mass is 127. The molecule has 0 saturated carbocycles. The monoisotopic (exact) mass is 434 g/mol. The first kappa shape index (κ1) is 22.0. The van der Waals surface area contributed by atoms with Gasteiger partial charge in [-0.1, -0.05) is 26.0 Å². The summed E-state index contributed by atoms with van der Waals surface area (Å²) in [5.74, 6) is 1.95. The molecule has 1 aromatic carbocycles. The van der Waals surface area contributed by atoms with Crippen LogP contribution in [0.2, 0.25) is 0 Å². The zero-order valence-corrected chi connectivity index (χ0v) is 17.0. The summed E-state index contributed by atoms with van der Waals surface area (Å²) in [6.07, 6.45) is 1.02. The number of ether oxygens (including phenoxy) is 1. The highest BCUT2D eigenvalue weighted by molar-refractivity contribution is 14.0. The summed E-state index contributed by atoms with van der Waals surface area (Å²) in [5.41, 5.74) is 6.94. The van der Waals surface area contributed by atoms with E-state index in [0.717, 1.165) is 37.4 Å². The van der Waals surface area contributed by atoms with E-state index in [-0.39, 0.29) is 24.0 Å². The highest BCUT2D eigenvalue weighted by Crippen LogP contribution is 2.13. The Morgan fingerprint density at radius 1 is 1.26 bits per heavy atom. The summed E-state index contributed by atoms with van der Waals surface area (Å²) < 4.78 is 5.70. The van der Waals surface area contributed by atoms with Crippen LogP contribution in [0.1, 0.15) is 25.8 Å². The van der Waals surface area contributed by atoms with Crippen LogP contribution in [0.5, 0.6) is 5.75 Å². The standard InChI is InChI=1S/C17H30N4O.HI/c1-14(2)12-19-17(18)20-13-15-6-8-16(9-7-15)22-11-5-10-21(3)4;/h6-9,14H,5,10-13H2,1-4H3,(H3,18,19,20);1H. The molecular weight excluding hydrogens is 403 g/mol. The Morgan fingerprint density at radius 2 is 1.91 bits per heavy atom. The van der Waals surface area contributed by atoms with Gasteiger partial charge in [-0.25, -0.2) is 4.99 Å². The molecule has 0 unspecified atom stereocenters. The zero-order chi connectivity index (χ0) is 16.4. The third kappa shape index (κ3) is 11.2. The number of nitrogens with two attached hydrogens (primary N) is 1. The van der Waals surface area contributed by atoms with Crippen LogP contribution in [-0.2, 0) is 6.54 Å². The van der Waals surface area contributed by atoms with Crippen molar-refractivity contribution in [1.82, 2.24) is 10.2 Å². The third-order valence-corrected chi connectivity index (χ3v) is 3.07. The fraction of sp³-hybridized carbons (Fsp3) is 0.588. The molecule has 6 heteroatoms. The van der Waals surface area contributed by atoms with Crippen molar-refractivity contribution in [3.63, 3.8) is 0 Å². The minimum atomic E-state index is 0. The summed E-state index contributed by atoms with van der Waals surface area (Å²) in [5, 5.41) is 3.11. The fourth-order valence-electron chi connectivity index (χ4n) is 1.80. The second-order valence-corrected chi connectivity index (χ2v) is 6.13. The summed E-state index contributed by atoms with van der Waals surface area (Å²) in [4.78, 5) is 6.48. The van der Waals surface area contributed by atoms with E-state index in [4.69, 9.17) is 10.5 Å². The third-order valence-electron chi connectivity index (χ3n) is 3.07. The number of hydrogen-bond acceptors (Lipinski definition) is 3. The van der Waals surface area contributed by atoms with Crippen molar-refractivity contribution in [2.45, 2.75) is 26.8 Å². The number of halogens is 1. The lowest BCUT2D eigenvalue weighted by Crippen LogP contribution is -2.34. The van der Waals surface area contributed by atoms with E-state index in [9.17, 15) is 0 Å². The van der Waals surface area contributed by atoms with Gasteiger partial charge in [-0.05, 0) is 44.1 Å². The van der Waals surface area contributed by atoms with Gasteiger partial charge < -0.3 is 20.7 Å². The van der Waals surface area contributed by atoms with Crippen molar-refractivity contribution >= 4 is 29.9 Å². The molecule has 1 aromatic rings. The van der Waals surface area contributed by atoms with Crippen LogP contribution in [0.4, 0.5) is 0 Å². The van der Waals surface area contributed by atoms with Crippen molar-refractivity contribution in [2.75, 3.05) is 33.8 Å². The molecule has 23 heavy (non-hydrogen) atoms. The number of benzene rings is 1. The molecule has 0 amide bonds. The Hall–Kier alpha value is -1.02. The lowest BCUT2D eigenvalue weighted by atomic mass is 10.2. The van der Waals surface area contributed by atoms with E-state index in [1.54, 1.807) is 0 Å². The molecule has 0 aliphatic carbocycles. The lowest BCUT2D eigenvalue weighted by Gasteiger charge is -2.10. The van der Waals surface area contributed by atoms with Crippen LogP contribution in [-0.4, -0.2) is 44.7 Å². The Kier molecular flexibility index (Phi) is 11.9. The maximum absolute atomic E-state index is 5.82. The van der Waals surface area contributed by atoms with Gasteiger partial charge in [0, 0.05) is 13.1 Å². The van der Waals surface area contributed by atoms with Crippen molar-refractivity contribution in [2.24, 2.45) is 16.6 Å². The van der Waals surface area contributed by atoms with E-state index in [2.05, 4.69) is 43.2 Å². The van der Waals surface area contributed by atoms with Gasteiger partial charge in [0.1, 0.15) is 5.75 Å². The average Bonchev–Trinajstić information content (AvgIpc) is 2.48. The maximum Gasteiger partial charge on any atom is 0.188 e. The van der Waals surface area contributed by atoms with E-state index in [1.165, 1.54) is 0 Å². The fourth-order valence-corrected chi connectivity index (χ4v) is 1.80. The SMILES string of the molecule is CC(C)CNC(N)=NCc1ccc(OCCCN(C)C)cc1.I. The molecule has 0 aliphatic heterocycles. The topological polar surface area (TPSA) is 62.9 Å². The smallest absolute Gasteiger partial charge is 0.188 e. The van der Waals surface area contributed by atoms with Gasteiger partial charge >= 0.3 is 0 Å². The first-order valence-corrected chi connectivity index (χ1v) is 7.87. The Morgan fingerprint density at radius 3 is 2.48 bits per heavy atom. The molecule has 3 N–H and O–H groups in total. The Balaban J connectivity index is 0.00000484. The average molecular weight is 434 g/mol. The molecule has 0 fully saturated rings. The van der Waals surface area contributed by atoms with Gasteiger partial charge in [0.25, 0.3) is 0 Å². The van der Waals surface area contributed by atoms with Gasteiger partial charge in [-0.3, -0.25) is 0 Å². The molecule has 0 radical (unpaired) electrons. The van der Waals surface area contributed by atoms with Gasteiger partial charge in [0.05, 0.1) is 13.2 Å². The van der Waals surface area contributed by atoms with Crippen LogP contribution < -0.4 is 15.8 Å². The van der Waals surface area contributed by atoms with E-state index >= 15 is 0 Å². The first-order chi connectivity index (χ1) is 10.5. The number of aliphatic imine (C=N–C) groups is 1. The molecule has 0 atom stereocenters. The van der Waals surface area contributed by atoms with E-state index < -0.39 is 0 Å². The van der Waals surface area contributed by atoms with Crippen molar-refractivity contribution in [3.8, 4) is 5.75 Å². The van der Waals surface area contributed by atoms with E-state index in [0.29, 0.717) is 18.4 Å². The van der Waals surface area contributed by atoms with Crippen LogP contribution >= 0.6 is 24.0 Å². The van der Waals surface area contributed by atoms with Crippen LogP contribution in [0.15, 0.2) is 29.3 Å². The molecule has 0 heterocycles. The molecule has 132 valence electrons. The number of guanidine groups is 1. The second kappa shape index (κ2) is 12.4. The largest absolute Gasteiger partial charge is 0.494 e. The molecule has 1 rings (SSSR count). The number of rotatable bonds is 9. The first-order valence-electron chi connectivity index (χ1n) is 7.87. The lowest BCUT2D eigenvalue weighted by molar-refractivity contribution is 0.281. The number of nitrogens with zero attached hydrogens (tertiary/aromatic N) is 2. The molecule has 0 saturated heterocycles. The highest BCUT2D eigenvalue weighted by Gasteiger charge is 1.98. The predicted octanol–water partition coefficient (Wildman–Crippen LogP) is 2.70. The quantitative estimate of drug-likeness (QED) is 0.272. The normalized spacial score (nSPS) is 11.5. The second-order valence-electron chi connectivity index (χ2n) is 6.13. The van der Waals surface area contributed by atoms with Crippen molar-refractivity contribution in [3.05, 3.63) is 29.8 Å². The summed E-state index contributed by atoms with van der Waals surface area (Å²) in [7, 11) is 4.13. The molecule has 0 spiro atoms. The summed E-state index contributed by atoms with van der Waals surface area (Å²) >= 11 is 0. The summed E-state index contributed by atoms with van der Waals surface area (Å²) in [6.45, 7) is 7.47. The molecule has 5 nitrogen and oxygen atoms in total. The maximum atomic E-state index is 5.82. The zero-order valence-electron chi connectivity index (χ0n) is 14.7. The number of hydrogen-bond donors (Lipinski definition) is 2. The minimum Gasteiger partial charge on any atom is -0.494 e. The number of nitrogens with one attached hydrogen (secondary N) is 1. The van der Waals surface area contributed by atoms with Gasteiger partial charge in [0.15, 0.2) is 5.96 Å². The molecular formula is C17H31IN4O. The van der Waals surface area contributed by atoms with Crippen molar-refractivity contribution < 1.29 is 4.74 Å². The molecule has 0 aromatic heterocycles. The van der Waals surface area contributed by atoms with Crippen LogP contribution in [0.3, 0.4) is 0 Å². The van der Waals surface area contributed by atoms with Crippen LogP contribution in [0, 0.1) is 5.92 Å². The minimum absolute atomic E-state index is 0.